The number of aromatic nitrogens is 2. The number of benzene rings is 2. The summed E-state index contributed by atoms with van der Waals surface area (Å²) in [4.78, 5) is 7.36. The molecule has 2 aromatic heterocycles. The van der Waals surface area contributed by atoms with Crippen LogP contribution in [0.4, 0.5) is 29.1 Å². The highest BCUT2D eigenvalue weighted by Gasteiger charge is 2.29. The molecule has 30 heavy (non-hydrogen) atoms. The number of aromatic amines is 1. The van der Waals surface area contributed by atoms with Gasteiger partial charge >= 0.3 is 6.18 Å². The molecule has 0 aliphatic rings. The lowest BCUT2D eigenvalue weighted by atomic mass is 10.0. The lowest BCUT2D eigenvalue weighted by Crippen LogP contribution is -2.04. The number of hydrogen-bond acceptors (Lipinski definition) is 2. The van der Waals surface area contributed by atoms with Gasteiger partial charge in [-0.3, -0.25) is 0 Å². The summed E-state index contributed by atoms with van der Waals surface area (Å²) in [7, 11) is 0. The van der Waals surface area contributed by atoms with Gasteiger partial charge in [-0.2, -0.15) is 13.2 Å². The topological polar surface area (TPSA) is 40.7 Å². The van der Waals surface area contributed by atoms with Gasteiger partial charge < -0.3 is 10.3 Å². The molecule has 2 heterocycles. The third-order valence-electron chi connectivity index (χ3n) is 5.01. The summed E-state index contributed by atoms with van der Waals surface area (Å²) in [5, 5.41) is 3.77. The van der Waals surface area contributed by atoms with Crippen molar-refractivity contribution in [1.29, 1.82) is 0 Å². The van der Waals surface area contributed by atoms with Crippen LogP contribution in [0, 0.1) is 12.7 Å². The second kappa shape index (κ2) is 7.82. The van der Waals surface area contributed by atoms with Gasteiger partial charge in [-0.1, -0.05) is 18.2 Å². The summed E-state index contributed by atoms with van der Waals surface area (Å²) in [5.74, 6) is 0.405. The highest BCUT2D eigenvalue weighted by atomic mass is 19.4. The molecule has 0 aliphatic heterocycles. The van der Waals surface area contributed by atoms with Crippen LogP contribution in [0.1, 0.15) is 22.3 Å². The SMILES string of the molecule is Cc1cc(CCc2ccc(C(F)(F)F)cc2)cnc1Nc1ccc2c(F)c[nH]c2c1. The van der Waals surface area contributed by atoms with E-state index in [9.17, 15) is 17.6 Å². The average Bonchev–Trinajstić information content (AvgIpc) is 3.08. The van der Waals surface area contributed by atoms with Gasteiger partial charge in [0.05, 0.1) is 11.1 Å². The van der Waals surface area contributed by atoms with Crippen molar-refractivity contribution in [3.8, 4) is 0 Å². The van der Waals surface area contributed by atoms with E-state index >= 15 is 0 Å². The smallest absolute Gasteiger partial charge is 0.358 e. The van der Waals surface area contributed by atoms with E-state index in [1.807, 2.05) is 19.1 Å². The predicted octanol–water partition coefficient (Wildman–Crippen LogP) is 6.56. The maximum atomic E-state index is 13.6. The number of hydrogen-bond donors (Lipinski definition) is 2. The van der Waals surface area contributed by atoms with E-state index in [2.05, 4.69) is 15.3 Å². The Kier molecular flexibility index (Phi) is 5.20. The van der Waals surface area contributed by atoms with E-state index in [1.54, 1.807) is 18.3 Å². The van der Waals surface area contributed by atoms with Gasteiger partial charge in [-0.25, -0.2) is 9.37 Å². The Balaban J connectivity index is 1.42. The number of nitrogens with zero attached hydrogens (tertiary/aromatic N) is 1. The van der Waals surface area contributed by atoms with E-state index in [-0.39, 0.29) is 5.82 Å². The second-order valence-corrected chi connectivity index (χ2v) is 7.23. The Labute approximate surface area is 170 Å². The number of alkyl halides is 3. The highest BCUT2D eigenvalue weighted by Crippen LogP contribution is 2.29. The summed E-state index contributed by atoms with van der Waals surface area (Å²) in [6.07, 6.45) is 0.0614. The van der Waals surface area contributed by atoms with Crippen LogP contribution in [0.25, 0.3) is 10.9 Å². The van der Waals surface area contributed by atoms with E-state index in [0.717, 1.165) is 34.5 Å². The number of H-pyrrole nitrogens is 1. The minimum atomic E-state index is -4.32. The quantitative estimate of drug-likeness (QED) is 0.364. The molecule has 3 nitrogen and oxygen atoms in total. The van der Waals surface area contributed by atoms with Crippen molar-refractivity contribution in [2.75, 3.05) is 5.32 Å². The van der Waals surface area contributed by atoms with Crippen LogP contribution < -0.4 is 5.32 Å². The number of fused-ring (bicyclic) bond motifs is 1. The molecule has 0 radical (unpaired) electrons. The maximum absolute atomic E-state index is 13.6. The van der Waals surface area contributed by atoms with Gasteiger partial charge in [0, 0.05) is 23.5 Å². The molecule has 0 unspecified atom stereocenters. The minimum Gasteiger partial charge on any atom is -0.358 e. The predicted molar refractivity (Wildman–Crippen MR) is 109 cm³/mol. The third kappa shape index (κ3) is 4.30. The fourth-order valence-electron chi connectivity index (χ4n) is 3.35. The van der Waals surface area contributed by atoms with Crippen molar-refractivity contribution >= 4 is 22.4 Å². The maximum Gasteiger partial charge on any atom is 0.416 e. The molecular formula is C23H19F4N3. The van der Waals surface area contributed by atoms with Crippen molar-refractivity contribution in [3.63, 3.8) is 0 Å². The zero-order chi connectivity index (χ0) is 21.3. The van der Waals surface area contributed by atoms with E-state index in [1.165, 1.54) is 18.3 Å². The van der Waals surface area contributed by atoms with Gasteiger partial charge in [0.15, 0.2) is 0 Å². The number of aryl methyl sites for hydroxylation is 3. The molecule has 4 rings (SSSR count). The van der Waals surface area contributed by atoms with E-state index < -0.39 is 11.7 Å². The van der Waals surface area contributed by atoms with Crippen molar-refractivity contribution in [2.24, 2.45) is 0 Å². The highest BCUT2D eigenvalue weighted by molar-refractivity contribution is 5.84. The molecule has 154 valence electrons. The fraction of sp³-hybridized carbons (Fsp3) is 0.174. The Bertz CT molecular complexity index is 1180. The number of anilines is 2. The first-order valence-electron chi connectivity index (χ1n) is 9.45. The molecule has 0 fully saturated rings. The molecule has 0 aliphatic carbocycles. The van der Waals surface area contributed by atoms with Crippen molar-refractivity contribution < 1.29 is 17.6 Å². The molecule has 2 N–H and O–H groups in total. The van der Waals surface area contributed by atoms with E-state index in [0.29, 0.717) is 29.6 Å². The summed E-state index contributed by atoms with van der Waals surface area (Å²) in [6.45, 7) is 1.93. The first-order valence-corrected chi connectivity index (χ1v) is 9.45. The first kappa shape index (κ1) is 19.9. The third-order valence-corrected chi connectivity index (χ3v) is 5.01. The van der Waals surface area contributed by atoms with Crippen LogP contribution in [0.5, 0.6) is 0 Å². The molecule has 0 bridgehead atoms. The van der Waals surface area contributed by atoms with Crippen LogP contribution in [-0.2, 0) is 19.0 Å². The van der Waals surface area contributed by atoms with Gasteiger partial charge in [0.2, 0.25) is 0 Å². The zero-order valence-corrected chi connectivity index (χ0v) is 16.1. The lowest BCUT2D eigenvalue weighted by Gasteiger charge is -2.11. The van der Waals surface area contributed by atoms with Gasteiger partial charge in [0.1, 0.15) is 11.6 Å². The van der Waals surface area contributed by atoms with Gasteiger partial charge in [0.25, 0.3) is 0 Å². The van der Waals surface area contributed by atoms with Crippen molar-refractivity contribution in [1.82, 2.24) is 9.97 Å². The van der Waals surface area contributed by atoms with E-state index in [4.69, 9.17) is 0 Å². The van der Waals surface area contributed by atoms with Crippen LogP contribution in [0.3, 0.4) is 0 Å². The fourth-order valence-corrected chi connectivity index (χ4v) is 3.35. The Morgan fingerprint density at radius 2 is 1.70 bits per heavy atom. The lowest BCUT2D eigenvalue weighted by molar-refractivity contribution is -0.137. The standard InChI is InChI=1S/C23H19F4N3/c1-14-10-16(3-2-15-4-6-17(7-5-15)23(25,26)27)12-29-22(14)30-18-8-9-19-20(24)13-28-21(19)11-18/h4-13,28H,2-3H2,1H3,(H,29,30). The van der Waals surface area contributed by atoms with Crippen LogP contribution in [0.15, 0.2) is 60.9 Å². The Morgan fingerprint density at radius 3 is 2.40 bits per heavy atom. The largest absolute Gasteiger partial charge is 0.416 e. The molecule has 0 saturated heterocycles. The number of nitrogens with one attached hydrogen (secondary N) is 2. The molecule has 0 saturated carbocycles. The zero-order valence-electron chi connectivity index (χ0n) is 16.1. The van der Waals surface area contributed by atoms with Crippen LogP contribution >= 0.6 is 0 Å². The Morgan fingerprint density at radius 1 is 0.967 bits per heavy atom. The molecular weight excluding hydrogens is 394 g/mol. The molecule has 7 heteroatoms. The molecule has 2 aromatic carbocycles. The van der Waals surface area contributed by atoms with Crippen molar-refractivity contribution in [3.05, 3.63) is 89.0 Å². The normalized spacial score (nSPS) is 11.8. The average molecular weight is 413 g/mol. The second-order valence-electron chi connectivity index (χ2n) is 7.23. The first-order chi connectivity index (χ1) is 14.3. The van der Waals surface area contributed by atoms with Crippen LogP contribution in [-0.4, -0.2) is 9.97 Å². The molecule has 0 amide bonds. The molecule has 0 spiro atoms. The summed E-state index contributed by atoms with van der Waals surface area (Å²) in [5.41, 5.74) is 3.63. The number of halogens is 4. The van der Waals surface area contributed by atoms with Gasteiger partial charge in [-0.05, 0) is 66.8 Å². The summed E-state index contributed by atoms with van der Waals surface area (Å²) >= 11 is 0. The van der Waals surface area contributed by atoms with Crippen molar-refractivity contribution in [2.45, 2.75) is 25.9 Å². The molecule has 0 atom stereocenters. The van der Waals surface area contributed by atoms with Gasteiger partial charge in [-0.15, -0.1) is 0 Å². The van der Waals surface area contributed by atoms with Crippen LogP contribution in [0.2, 0.25) is 0 Å². The number of pyridine rings is 1. The monoisotopic (exact) mass is 413 g/mol. The molecule has 4 aromatic rings. The number of rotatable bonds is 5. The summed E-state index contributed by atoms with van der Waals surface area (Å²) < 4.78 is 51.5. The minimum absolute atomic E-state index is 0.289. The Hall–Kier alpha value is -3.35. The summed E-state index contributed by atoms with van der Waals surface area (Å²) in [6, 6.07) is 12.6.